The van der Waals surface area contributed by atoms with Gasteiger partial charge < -0.3 is 10.0 Å². The Morgan fingerprint density at radius 1 is 1.17 bits per heavy atom. The average molecular weight is 362 g/mol. The van der Waals surface area contributed by atoms with Crippen LogP contribution in [0.5, 0.6) is 0 Å². The minimum atomic E-state index is 0.0711. The fourth-order valence-electron chi connectivity index (χ4n) is 2.79. The molecule has 0 unspecified atom stereocenters. The van der Waals surface area contributed by atoms with E-state index in [1.807, 2.05) is 11.8 Å². The van der Waals surface area contributed by atoms with Crippen LogP contribution in [0.1, 0.15) is 19.4 Å². The van der Waals surface area contributed by atoms with Crippen molar-refractivity contribution in [2.45, 2.75) is 20.3 Å². The second-order valence-electron chi connectivity index (χ2n) is 5.50. The zero-order chi connectivity index (χ0) is 17.1. The Hall–Kier alpha value is -1.69. The van der Waals surface area contributed by atoms with Crippen LogP contribution in [0.25, 0.3) is 21.3 Å². The van der Waals surface area contributed by atoms with Crippen molar-refractivity contribution >= 4 is 39.0 Å². The van der Waals surface area contributed by atoms with Crippen molar-refractivity contribution in [3.05, 3.63) is 40.5 Å². The van der Waals surface area contributed by atoms with Crippen molar-refractivity contribution in [3.8, 4) is 11.1 Å². The normalized spacial score (nSPS) is 11.2. The Labute approximate surface area is 150 Å². The fraction of sp³-hybridized carbons (Fsp3) is 0.333. The molecule has 2 aromatic heterocycles. The molecule has 3 rings (SSSR count). The number of hydrogen-bond acceptors (Lipinski definition) is 5. The molecule has 0 bridgehead atoms. The molecule has 0 amide bonds. The van der Waals surface area contributed by atoms with Gasteiger partial charge in [-0.05, 0) is 36.1 Å². The fourth-order valence-corrected chi connectivity index (χ4v) is 3.95. The van der Waals surface area contributed by atoms with E-state index in [0.717, 1.165) is 40.1 Å². The van der Waals surface area contributed by atoms with Crippen molar-refractivity contribution in [2.24, 2.45) is 0 Å². The predicted molar refractivity (Wildman–Crippen MR) is 102 cm³/mol. The lowest BCUT2D eigenvalue weighted by Crippen LogP contribution is -2.27. The van der Waals surface area contributed by atoms with Crippen LogP contribution in [0, 0.1) is 0 Å². The zero-order valence-corrected chi connectivity index (χ0v) is 15.4. The highest BCUT2D eigenvalue weighted by Gasteiger charge is 2.18. The monoisotopic (exact) mass is 361 g/mol. The number of nitrogens with zero attached hydrogens (tertiary/aromatic N) is 3. The number of thiophene rings is 1. The number of aryl methyl sites for hydroxylation is 1. The number of likely N-dealkylation sites (N-methyl/N-ethyl adjacent to an activating group) is 1. The number of halogens is 1. The predicted octanol–water partition coefficient (Wildman–Crippen LogP) is 4.39. The van der Waals surface area contributed by atoms with Gasteiger partial charge in [-0.25, -0.2) is 4.98 Å². The first-order valence-electron chi connectivity index (χ1n) is 8.07. The van der Waals surface area contributed by atoms with Gasteiger partial charge in [0.05, 0.1) is 12.0 Å². The Bertz CT molecular complexity index is 832. The van der Waals surface area contributed by atoms with E-state index in [0.29, 0.717) is 6.54 Å². The second-order valence-corrected chi connectivity index (χ2v) is 6.70. The van der Waals surface area contributed by atoms with E-state index in [1.54, 1.807) is 11.3 Å². The van der Waals surface area contributed by atoms with E-state index < -0.39 is 0 Å². The number of hydrogen-bond donors (Lipinski definition) is 1. The number of aromatic nitrogens is 2. The summed E-state index contributed by atoms with van der Waals surface area (Å²) in [5, 5.41) is 12.7. The van der Waals surface area contributed by atoms with Crippen molar-refractivity contribution in [3.63, 3.8) is 0 Å². The molecule has 1 N–H and O–H groups in total. The van der Waals surface area contributed by atoms with E-state index in [9.17, 15) is 5.11 Å². The van der Waals surface area contributed by atoms with E-state index in [1.165, 1.54) is 5.56 Å². The molecule has 0 aliphatic carbocycles. The molecule has 0 aliphatic rings. The van der Waals surface area contributed by atoms with E-state index >= 15 is 0 Å². The van der Waals surface area contributed by atoms with Crippen LogP contribution in [0.15, 0.2) is 29.6 Å². The van der Waals surface area contributed by atoms with Gasteiger partial charge in [-0.3, -0.25) is 0 Å². The summed E-state index contributed by atoms with van der Waals surface area (Å²) in [7, 11) is 0. The Balaban J connectivity index is 2.18. The van der Waals surface area contributed by atoms with Crippen LogP contribution in [0.2, 0.25) is 5.28 Å². The van der Waals surface area contributed by atoms with Gasteiger partial charge >= 0.3 is 0 Å². The third-order valence-electron chi connectivity index (χ3n) is 4.11. The Kier molecular flexibility index (Phi) is 5.33. The lowest BCUT2D eigenvalue weighted by Gasteiger charge is -2.22. The second kappa shape index (κ2) is 7.47. The summed E-state index contributed by atoms with van der Waals surface area (Å²) >= 11 is 7.68. The summed E-state index contributed by atoms with van der Waals surface area (Å²) in [4.78, 5) is 11.7. The van der Waals surface area contributed by atoms with E-state index in [4.69, 9.17) is 11.6 Å². The molecule has 0 atom stereocenters. The standard InChI is InChI=1S/C18H20ClN3OS/c1-3-12-5-7-13(8-6-12)14-11-24-17-15(14)16(20-18(19)21-17)22(4-2)9-10-23/h5-8,11,23H,3-4,9-10H2,1-2H3. The minimum Gasteiger partial charge on any atom is -0.395 e. The quantitative estimate of drug-likeness (QED) is 0.661. The first-order chi connectivity index (χ1) is 11.7. The molecule has 4 nitrogen and oxygen atoms in total. The van der Waals surface area contributed by atoms with Crippen LogP contribution in [0.4, 0.5) is 5.82 Å². The summed E-state index contributed by atoms with van der Waals surface area (Å²) in [5.41, 5.74) is 3.57. The highest BCUT2D eigenvalue weighted by Crippen LogP contribution is 2.38. The van der Waals surface area contributed by atoms with Crippen molar-refractivity contribution < 1.29 is 5.11 Å². The molecule has 1 aromatic carbocycles. The summed E-state index contributed by atoms with van der Waals surface area (Å²) < 4.78 is 0. The maximum absolute atomic E-state index is 9.35. The summed E-state index contributed by atoms with van der Waals surface area (Å²) in [6.45, 7) is 5.52. The maximum Gasteiger partial charge on any atom is 0.225 e. The van der Waals surface area contributed by atoms with Crippen LogP contribution < -0.4 is 4.90 Å². The molecule has 126 valence electrons. The van der Waals surface area contributed by atoms with Crippen LogP contribution in [-0.4, -0.2) is 34.8 Å². The molecule has 24 heavy (non-hydrogen) atoms. The van der Waals surface area contributed by atoms with Crippen molar-refractivity contribution in [2.75, 3.05) is 24.6 Å². The lowest BCUT2D eigenvalue weighted by molar-refractivity contribution is 0.302. The molecule has 0 saturated heterocycles. The van der Waals surface area contributed by atoms with Gasteiger partial charge in [0.15, 0.2) is 0 Å². The average Bonchev–Trinajstić information content (AvgIpc) is 3.02. The van der Waals surface area contributed by atoms with Gasteiger partial charge in [0.1, 0.15) is 10.6 Å². The van der Waals surface area contributed by atoms with Crippen molar-refractivity contribution in [1.82, 2.24) is 9.97 Å². The van der Waals surface area contributed by atoms with Gasteiger partial charge in [0, 0.05) is 24.0 Å². The zero-order valence-electron chi connectivity index (χ0n) is 13.8. The summed E-state index contributed by atoms with van der Waals surface area (Å²) in [5.74, 6) is 0.789. The molecule has 0 saturated carbocycles. The topological polar surface area (TPSA) is 49.2 Å². The number of fused-ring (bicyclic) bond motifs is 1. The number of rotatable bonds is 6. The molecule has 0 spiro atoms. The number of benzene rings is 1. The third-order valence-corrected chi connectivity index (χ3v) is 5.15. The smallest absolute Gasteiger partial charge is 0.225 e. The highest BCUT2D eigenvalue weighted by atomic mass is 35.5. The maximum atomic E-state index is 9.35. The molecule has 0 aliphatic heterocycles. The van der Waals surface area contributed by atoms with Gasteiger partial charge in [0.25, 0.3) is 0 Å². The van der Waals surface area contributed by atoms with Gasteiger partial charge in [0.2, 0.25) is 5.28 Å². The molecule has 2 heterocycles. The molecule has 6 heteroatoms. The van der Waals surface area contributed by atoms with Crippen LogP contribution in [0.3, 0.4) is 0 Å². The largest absolute Gasteiger partial charge is 0.395 e. The highest BCUT2D eigenvalue weighted by molar-refractivity contribution is 7.17. The first-order valence-corrected chi connectivity index (χ1v) is 9.33. The number of anilines is 1. The van der Waals surface area contributed by atoms with Gasteiger partial charge in [-0.15, -0.1) is 11.3 Å². The molecule has 0 radical (unpaired) electrons. The van der Waals surface area contributed by atoms with E-state index in [-0.39, 0.29) is 11.9 Å². The molecule has 0 fully saturated rings. The summed E-state index contributed by atoms with van der Waals surface area (Å²) in [6.07, 6.45) is 1.02. The van der Waals surface area contributed by atoms with Gasteiger partial charge in [-0.1, -0.05) is 31.2 Å². The van der Waals surface area contributed by atoms with Crippen LogP contribution in [-0.2, 0) is 6.42 Å². The Morgan fingerprint density at radius 2 is 1.92 bits per heavy atom. The SMILES string of the molecule is CCc1ccc(-c2csc3nc(Cl)nc(N(CC)CCO)c23)cc1. The minimum absolute atomic E-state index is 0.0711. The van der Waals surface area contributed by atoms with Crippen LogP contribution >= 0.6 is 22.9 Å². The lowest BCUT2D eigenvalue weighted by atomic mass is 10.0. The third kappa shape index (κ3) is 3.24. The molecule has 3 aromatic rings. The molecular formula is C18H20ClN3OS. The Morgan fingerprint density at radius 3 is 2.54 bits per heavy atom. The summed E-state index contributed by atoms with van der Waals surface area (Å²) in [6, 6.07) is 8.59. The number of aliphatic hydroxyl groups is 1. The van der Waals surface area contributed by atoms with Gasteiger partial charge in [-0.2, -0.15) is 4.98 Å². The number of aliphatic hydroxyl groups excluding tert-OH is 1. The molecular weight excluding hydrogens is 342 g/mol. The van der Waals surface area contributed by atoms with Crippen molar-refractivity contribution in [1.29, 1.82) is 0 Å². The first kappa shape index (κ1) is 17.1. The van der Waals surface area contributed by atoms with E-state index in [2.05, 4.69) is 46.5 Å².